The summed E-state index contributed by atoms with van der Waals surface area (Å²) < 4.78 is 44.2. The van der Waals surface area contributed by atoms with Crippen molar-refractivity contribution in [3.8, 4) is 5.75 Å². The number of piperazine rings is 1. The molecular weight excluding hydrogens is 405 g/mol. The maximum absolute atomic E-state index is 13.0. The Labute approximate surface area is 168 Å². The van der Waals surface area contributed by atoms with E-state index in [1.165, 1.54) is 29.5 Å². The summed E-state index contributed by atoms with van der Waals surface area (Å²) in [6.07, 6.45) is -2.81. The van der Waals surface area contributed by atoms with Crippen LogP contribution in [-0.4, -0.2) is 53.6 Å². The zero-order valence-corrected chi connectivity index (χ0v) is 16.0. The Kier molecular flexibility index (Phi) is 5.27. The molecule has 0 radical (unpaired) electrons. The van der Waals surface area contributed by atoms with E-state index >= 15 is 0 Å². The molecule has 0 saturated carbocycles. The van der Waals surface area contributed by atoms with Crippen molar-refractivity contribution >= 4 is 32.7 Å². The monoisotopic (exact) mass is 422 g/mol. The molecular formula is C19H17F3N4O2S. The summed E-state index contributed by atoms with van der Waals surface area (Å²) >= 11 is 1.49. The molecule has 152 valence electrons. The Hall–Kier alpha value is -2.88. The van der Waals surface area contributed by atoms with Gasteiger partial charge in [-0.05, 0) is 24.3 Å². The van der Waals surface area contributed by atoms with Gasteiger partial charge in [0, 0.05) is 32.4 Å². The number of alkyl halides is 3. The van der Waals surface area contributed by atoms with E-state index in [-0.39, 0.29) is 11.7 Å². The predicted octanol–water partition coefficient (Wildman–Crippen LogP) is 3.44. The first kappa shape index (κ1) is 19.4. The Bertz CT molecular complexity index is 983. The lowest BCUT2D eigenvalue weighted by Gasteiger charge is -2.34. The zero-order chi connectivity index (χ0) is 20.4. The molecule has 6 nitrogen and oxygen atoms in total. The molecule has 2 aromatic heterocycles. The number of halogens is 3. The lowest BCUT2D eigenvalue weighted by molar-refractivity contribution is -0.141. The van der Waals surface area contributed by atoms with Crippen LogP contribution in [0.5, 0.6) is 5.75 Å². The van der Waals surface area contributed by atoms with E-state index in [1.54, 1.807) is 11.1 Å². The number of amides is 1. The standard InChI is InChI=1S/C19H17F3N4O2S/c20-19(21,22)13-4-1-2-6-15(13)28-12-16(27)25-8-10-26(11-9-25)18-24-14-5-3-7-23-17(14)29-18/h1-7H,8-12H2. The van der Waals surface area contributed by atoms with Crippen molar-refractivity contribution in [2.24, 2.45) is 0 Å². The summed E-state index contributed by atoms with van der Waals surface area (Å²) in [6, 6.07) is 8.62. The van der Waals surface area contributed by atoms with Crippen molar-refractivity contribution in [3.63, 3.8) is 0 Å². The zero-order valence-electron chi connectivity index (χ0n) is 15.2. The van der Waals surface area contributed by atoms with E-state index in [1.807, 2.05) is 12.1 Å². The normalized spacial score (nSPS) is 15.0. The molecule has 0 atom stereocenters. The van der Waals surface area contributed by atoms with Gasteiger partial charge in [0.2, 0.25) is 0 Å². The molecule has 1 saturated heterocycles. The molecule has 3 heterocycles. The topological polar surface area (TPSA) is 58.6 Å². The van der Waals surface area contributed by atoms with Gasteiger partial charge in [0.05, 0.1) is 5.56 Å². The van der Waals surface area contributed by atoms with Crippen LogP contribution in [0.3, 0.4) is 0 Å². The van der Waals surface area contributed by atoms with E-state index in [2.05, 4.69) is 14.9 Å². The maximum Gasteiger partial charge on any atom is 0.419 e. The first-order chi connectivity index (χ1) is 13.9. The number of nitrogens with zero attached hydrogens (tertiary/aromatic N) is 4. The van der Waals surface area contributed by atoms with Crippen LogP contribution in [-0.2, 0) is 11.0 Å². The predicted molar refractivity (Wildman–Crippen MR) is 103 cm³/mol. The van der Waals surface area contributed by atoms with Crippen molar-refractivity contribution in [1.29, 1.82) is 0 Å². The van der Waals surface area contributed by atoms with Gasteiger partial charge in [-0.25, -0.2) is 9.97 Å². The number of thiazole rings is 1. The second-order valence-corrected chi connectivity index (χ2v) is 7.43. The van der Waals surface area contributed by atoms with E-state index in [9.17, 15) is 18.0 Å². The molecule has 4 rings (SSSR count). The number of carbonyl (C=O) groups excluding carboxylic acids is 1. The summed E-state index contributed by atoms with van der Waals surface area (Å²) in [4.78, 5) is 25.8. The number of carbonyl (C=O) groups is 1. The van der Waals surface area contributed by atoms with Crippen molar-refractivity contribution in [2.75, 3.05) is 37.7 Å². The summed E-state index contributed by atoms with van der Waals surface area (Å²) in [5.74, 6) is -0.679. The van der Waals surface area contributed by atoms with Crippen LogP contribution >= 0.6 is 11.3 Å². The first-order valence-electron chi connectivity index (χ1n) is 8.95. The summed E-state index contributed by atoms with van der Waals surface area (Å²) in [5.41, 5.74) is -0.0511. The van der Waals surface area contributed by atoms with Crippen LogP contribution in [0, 0.1) is 0 Å². The number of anilines is 1. The van der Waals surface area contributed by atoms with Crippen LogP contribution in [0.15, 0.2) is 42.6 Å². The Morgan fingerprint density at radius 3 is 2.59 bits per heavy atom. The van der Waals surface area contributed by atoms with Gasteiger partial charge in [-0.3, -0.25) is 4.79 Å². The fraction of sp³-hybridized carbons (Fsp3) is 0.316. The van der Waals surface area contributed by atoms with Gasteiger partial charge in [-0.15, -0.1) is 0 Å². The molecule has 1 aromatic carbocycles. The Morgan fingerprint density at radius 1 is 1.10 bits per heavy atom. The number of ether oxygens (including phenoxy) is 1. The largest absolute Gasteiger partial charge is 0.483 e. The van der Waals surface area contributed by atoms with Crippen molar-refractivity contribution in [3.05, 3.63) is 48.2 Å². The highest BCUT2D eigenvalue weighted by molar-refractivity contribution is 7.21. The maximum atomic E-state index is 13.0. The molecule has 10 heteroatoms. The van der Waals surface area contributed by atoms with E-state index < -0.39 is 18.3 Å². The minimum absolute atomic E-state index is 0.339. The molecule has 0 N–H and O–H groups in total. The molecule has 0 spiro atoms. The molecule has 1 aliphatic rings. The number of fused-ring (bicyclic) bond motifs is 1. The van der Waals surface area contributed by atoms with Gasteiger partial charge in [0.1, 0.15) is 16.1 Å². The highest BCUT2D eigenvalue weighted by atomic mass is 32.1. The lowest BCUT2D eigenvalue weighted by Crippen LogP contribution is -2.50. The second-order valence-electron chi connectivity index (χ2n) is 6.47. The van der Waals surface area contributed by atoms with Crippen LogP contribution in [0.25, 0.3) is 10.3 Å². The van der Waals surface area contributed by atoms with Crippen LogP contribution < -0.4 is 9.64 Å². The molecule has 0 unspecified atom stereocenters. The Balaban J connectivity index is 1.34. The Morgan fingerprint density at radius 2 is 1.86 bits per heavy atom. The number of pyridine rings is 1. The summed E-state index contributed by atoms with van der Waals surface area (Å²) in [7, 11) is 0. The third-order valence-electron chi connectivity index (χ3n) is 4.60. The van der Waals surface area contributed by atoms with Gasteiger partial charge >= 0.3 is 6.18 Å². The molecule has 29 heavy (non-hydrogen) atoms. The minimum Gasteiger partial charge on any atom is -0.483 e. The lowest BCUT2D eigenvalue weighted by atomic mass is 10.2. The molecule has 1 fully saturated rings. The third kappa shape index (κ3) is 4.26. The van der Waals surface area contributed by atoms with Gasteiger partial charge < -0.3 is 14.5 Å². The average Bonchev–Trinajstić information content (AvgIpc) is 3.16. The number of para-hydroxylation sites is 1. The van der Waals surface area contributed by atoms with Gasteiger partial charge in [-0.1, -0.05) is 23.5 Å². The van der Waals surface area contributed by atoms with E-state index in [4.69, 9.17) is 4.74 Å². The second kappa shape index (κ2) is 7.86. The molecule has 3 aromatic rings. The number of hydrogen-bond acceptors (Lipinski definition) is 6. The number of aromatic nitrogens is 2. The highest BCUT2D eigenvalue weighted by Crippen LogP contribution is 2.36. The molecule has 1 amide bonds. The van der Waals surface area contributed by atoms with Crippen LogP contribution in [0.2, 0.25) is 0 Å². The van der Waals surface area contributed by atoms with Gasteiger partial charge in [0.15, 0.2) is 11.7 Å². The van der Waals surface area contributed by atoms with Crippen molar-refractivity contribution in [2.45, 2.75) is 6.18 Å². The van der Waals surface area contributed by atoms with E-state index in [0.717, 1.165) is 21.5 Å². The van der Waals surface area contributed by atoms with Gasteiger partial charge in [-0.2, -0.15) is 13.2 Å². The fourth-order valence-corrected chi connectivity index (χ4v) is 4.06. The van der Waals surface area contributed by atoms with E-state index in [0.29, 0.717) is 26.2 Å². The molecule has 0 aliphatic carbocycles. The number of benzene rings is 1. The average molecular weight is 422 g/mol. The first-order valence-corrected chi connectivity index (χ1v) is 9.77. The SMILES string of the molecule is O=C(COc1ccccc1C(F)(F)F)N1CCN(c2nc3cccnc3s2)CC1. The highest BCUT2D eigenvalue weighted by Gasteiger charge is 2.34. The summed E-state index contributed by atoms with van der Waals surface area (Å²) in [6.45, 7) is 1.65. The third-order valence-corrected chi connectivity index (χ3v) is 5.64. The molecule has 1 aliphatic heterocycles. The molecule has 0 bridgehead atoms. The minimum atomic E-state index is -4.53. The summed E-state index contributed by atoms with van der Waals surface area (Å²) in [5, 5.41) is 0.848. The van der Waals surface area contributed by atoms with Crippen molar-refractivity contribution < 1.29 is 22.7 Å². The van der Waals surface area contributed by atoms with Gasteiger partial charge in [0.25, 0.3) is 5.91 Å². The number of hydrogen-bond donors (Lipinski definition) is 0. The van der Waals surface area contributed by atoms with Crippen LogP contribution in [0.1, 0.15) is 5.56 Å². The number of rotatable bonds is 4. The smallest absolute Gasteiger partial charge is 0.419 e. The fourth-order valence-electron chi connectivity index (χ4n) is 3.10. The van der Waals surface area contributed by atoms with Crippen molar-refractivity contribution in [1.82, 2.24) is 14.9 Å². The van der Waals surface area contributed by atoms with Crippen LogP contribution in [0.4, 0.5) is 18.3 Å². The quantitative estimate of drug-likeness (QED) is 0.645.